The molecule has 0 radical (unpaired) electrons. The van der Waals surface area contributed by atoms with Gasteiger partial charge in [0.1, 0.15) is 11.3 Å². The van der Waals surface area contributed by atoms with E-state index in [0.717, 1.165) is 30.0 Å². The molecule has 22 heavy (non-hydrogen) atoms. The molecule has 4 rings (SSSR count). The van der Waals surface area contributed by atoms with Gasteiger partial charge in [0.15, 0.2) is 0 Å². The molecule has 1 aromatic carbocycles. The zero-order chi connectivity index (χ0) is 14.4. The van der Waals surface area contributed by atoms with Crippen LogP contribution in [0, 0.1) is 6.92 Å². The maximum absolute atomic E-state index is 5.90. The van der Waals surface area contributed by atoms with Crippen molar-refractivity contribution in [1.29, 1.82) is 0 Å². The average Bonchev–Trinajstić information content (AvgIpc) is 2.99. The molecule has 120 valence electrons. The standard InChI is InChI=1S/C18H24N2O.ClH/c1-12-17(16-5-3-4-6-18(16)21-12)11-20(2)15-9-13-7-8-14(10-15)19-13;/h3-6,13-15,19H,7-11H2,1-2H3;1H. The Kier molecular flexibility index (Phi) is 4.49. The van der Waals surface area contributed by atoms with Crippen molar-refractivity contribution in [1.82, 2.24) is 10.2 Å². The van der Waals surface area contributed by atoms with Crippen LogP contribution in [0.25, 0.3) is 11.0 Å². The summed E-state index contributed by atoms with van der Waals surface area (Å²) in [5.74, 6) is 1.07. The van der Waals surface area contributed by atoms with Crippen LogP contribution in [0.1, 0.15) is 37.0 Å². The van der Waals surface area contributed by atoms with Gasteiger partial charge in [-0.05, 0) is 45.7 Å². The minimum absolute atomic E-state index is 0. The Bertz CT molecular complexity index is 642. The van der Waals surface area contributed by atoms with Gasteiger partial charge in [-0.1, -0.05) is 18.2 Å². The summed E-state index contributed by atoms with van der Waals surface area (Å²) in [5, 5.41) is 5.01. The van der Waals surface area contributed by atoms with E-state index in [2.05, 4.69) is 42.4 Å². The Morgan fingerprint density at radius 2 is 1.86 bits per heavy atom. The van der Waals surface area contributed by atoms with Gasteiger partial charge in [-0.25, -0.2) is 0 Å². The fourth-order valence-corrected chi connectivity index (χ4v) is 4.18. The van der Waals surface area contributed by atoms with Crippen LogP contribution in [-0.4, -0.2) is 30.1 Å². The van der Waals surface area contributed by atoms with Crippen molar-refractivity contribution in [3.63, 3.8) is 0 Å². The Hall–Kier alpha value is -1.03. The highest BCUT2D eigenvalue weighted by Crippen LogP contribution is 2.32. The SMILES string of the molecule is Cc1oc2ccccc2c1CN(C)C1CC2CCC(C1)N2.Cl. The lowest BCUT2D eigenvalue weighted by Gasteiger charge is -2.35. The maximum atomic E-state index is 5.90. The second-order valence-corrected chi connectivity index (χ2v) is 6.81. The molecule has 2 aliphatic rings. The van der Waals surface area contributed by atoms with E-state index in [0.29, 0.717) is 6.04 Å². The van der Waals surface area contributed by atoms with Gasteiger partial charge >= 0.3 is 0 Å². The molecule has 2 saturated heterocycles. The minimum Gasteiger partial charge on any atom is -0.461 e. The summed E-state index contributed by atoms with van der Waals surface area (Å²) in [4.78, 5) is 2.54. The van der Waals surface area contributed by atoms with E-state index < -0.39 is 0 Å². The third kappa shape index (κ3) is 2.78. The summed E-state index contributed by atoms with van der Waals surface area (Å²) >= 11 is 0. The summed E-state index contributed by atoms with van der Waals surface area (Å²) in [6.07, 6.45) is 5.31. The van der Waals surface area contributed by atoms with Crippen LogP contribution >= 0.6 is 12.4 Å². The molecule has 0 saturated carbocycles. The highest BCUT2D eigenvalue weighted by Gasteiger charge is 2.35. The molecule has 0 spiro atoms. The van der Waals surface area contributed by atoms with Crippen LogP contribution in [0.4, 0.5) is 0 Å². The number of piperidine rings is 1. The molecule has 2 aromatic rings. The van der Waals surface area contributed by atoms with Crippen molar-refractivity contribution in [2.24, 2.45) is 0 Å². The van der Waals surface area contributed by atoms with Gasteiger partial charge in [0.05, 0.1) is 0 Å². The first-order chi connectivity index (χ1) is 10.2. The van der Waals surface area contributed by atoms with E-state index in [4.69, 9.17) is 4.42 Å². The van der Waals surface area contributed by atoms with Crippen molar-refractivity contribution in [3.05, 3.63) is 35.6 Å². The smallest absolute Gasteiger partial charge is 0.134 e. The number of rotatable bonds is 3. The molecular formula is C18H25ClN2O. The number of hydrogen-bond donors (Lipinski definition) is 1. The van der Waals surface area contributed by atoms with Gasteiger partial charge in [-0.15, -0.1) is 12.4 Å². The van der Waals surface area contributed by atoms with E-state index in [9.17, 15) is 0 Å². The van der Waals surface area contributed by atoms with Crippen LogP contribution in [0.15, 0.2) is 28.7 Å². The highest BCUT2D eigenvalue weighted by molar-refractivity contribution is 5.85. The number of nitrogens with zero attached hydrogens (tertiary/aromatic N) is 1. The first-order valence-electron chi connectivity index (χ1n) is 8.14. The van der Waals surface area contributed by atoms with Gasteiger partial charge in [0.2, 0.25) is 0 Å². The molecule has 1 N–H and O–H groups in total. The monoisotopic (exact) mass is 320 g/mol. The average molecular weight is 321 g/mol. The number of nitrogens with one attached hydrogen (secondary N) is 1. The van der Waals surface area contributed by atoms with Crippen LogP contribution in [0.5, 0.6) is 0 Å². The van der Waals surface area contributed by atoms with Crippen molar-refractivity contribution in [2.45, 2.75) is 57.3 Å². The Morgan fingerprint density at radius 1 is 1.18 bits per heavy atom. The summed E-state index contributed by atoms with van der Waals surface area (Å²) in [6, 6.07) is 10.6. The van der Waals surface area contributed by atoms with Crippen molar-refractivity contribution in [3.8, 4) is 0 Å². The molecule has 0 amide bonds. The third-order valence-electron chi connectivity index (χ3n) is 5.38. The molecule has 2 bridgehead atoms. The van der Waals surface area contributed by atoms with E-state index in [1.807, 2.05) is 6.07 Å². The van der Waals surface area contributed by atoms with E-state index in [1.54, 1.807) is 0 Å². The number of benzene rings is 1. The molecule has 2 aliphatic heterocycles. The lowest BCUT2D eigenvalue weighted by Crippen LogP contribution is -2.46. The number of fused-ring (bicyclic) bond motifs is 3. The van der Waals surface area contributed by atoms with Crippen LogP contribution in [0.3, 0.4) is 0 Å². The largest absolute Gasteiger partial charge is 0.461 e. The zero-order valence-corrected chi connectivity index (χ0v) is 14.2. The third-order valence-corrected chi connectivity index (χ3v) is 5.38. The van der Waals surface area contributed by atoms with Crippen molar-refractivity contribution < 1.29 is 4.42 Å². The number of hydrogen-bond acceptors (Lipinski definition) is 3. The lowest BCUT2D eigenvalue weighted by molar-refractivity contribution is 0.165. The molecule has 1 aromatic heterocycles. The Labute approximate surface area is 138 Å². The first kappa shape index (κ1) is 15.9. The van der Waals surface area contributed by atoms with Gasteiger partial charge in [-0.3, -0.25) is 4.90 Å². The Balaban J connectivity index is 0.00000144. The van der Waals surface area contributed by atoms with Gasteiger partial charge in [0, 0.05) is 35.6 Å². The molecule has 2 unspecified atom stereocenters. The second-order valence-electron chi connectivity index (χ2n) is 6.81. The van der Waals surface area contributed by atoms with E-state index >= 15 is 0 Å². The lowest BCUT2D eigenvalue weighted by atomic mass is 9.98. The first-order valence-corrected chi connectivity index (χ1v) is 8.14. The quantitative estimate of drug-likeness (QED) is 0.930. The molecule has 0 aliphatic carbocycles. The molecular weight excluding hydrogens is 296 g/mol. The van der Waals surface area contributed by atoms with Gasteiger partial charge in [0.25, 0.3) is 0 Å². The fraction of sp³-hybridized carbons (Fsp3) is 0.556. The number of aryl methyl sites for hydroxylation is 1. The zero-order valence-electron chi connectivity index (χ0n) is 13.3. The van der Waals surface area contributed by atoms with E-state index in [-0.39, 0.29) is 12.4 Å². The van der Waals surface area contributed by atoms with Gasteiger partial charge < -0.3 is 9.73 Å². The number of halogens is 1. The molecule has 3 nitrogen and oxygen atoms in total. The summed E-state index contributed by atoms with van der Waals surface area (Å²) in [5.41, 5.74) is 2.38. The van der Waals surface area contributed by atoms with Crippen molar-refractivity contribution in [2.75, 3.05) is 7.05 Å². The minimum atomic E-state index is 0. The summed E-state index contributed by atoms with van der Waals surface area (Å²) in [6.45, 7) is 3.09. The topological polar surface area (TPSA) is 28.4 Å². The summed E-state index contributed by atoms with van der Waals surface area (Å²) in [7, 11) is 2.27. The predicted molar refractivity (Wildman–Crippen MR) is 92.6 cm³/mol. The predicted octanol–water partition coefficient (Wildman–Crippen LogP) is 3.88. The van der Waals surface area contributed by atoms with Crippen LogP contribution in [-0.2, 0) is 6.54 Å². The molecule has 2 atom stereocenters. The molecule has 2 fully saturated rings. The Morgan fingerprint density at radius 3 is 2.59 bits per heavy atom. The van der Waals surface area contributed by atoms with Crippen molar-refractivity contribution >= 4 is 23.4 Å². The van der Waals surface area contributed by atoms with E-state index in [1.165, 1.54) is 36.6 Å². The number of para-hydroxylation sites is 1. The summed E-state index contributed by atoms with van der Waals surface area (Å²) < 4.78 is 5.90. The second kappa shape index (κ2) is 6.23. The fourth-order valence-electron chi connectivity index (χ4n) is 4.18. The normalized spacial score (nSPS) is 27.3. The number of furan rings is 1. The van der Waals surface area contributed by atoms with Crippen LogP contribution in [0.2, 0.25) is 0 Å². The van der Waals surface area contributed by atoms with Crippen LogP contribution < -0.4 is 5.32 Å². The van der Waals surface area contributed by atoms with Gasteiger partial charge in [-0.2, -0.15) is 0 Å². The highest BCUT2D eigenvalue weighted by atomic mass is 35.5. The maximum Gasteiger partial charge on any atom is 0.134 e. The molecule has 3 heterocycles. The molecule has 4 heteroatoms.